The molecule has 1 aromatic heterocycles. The lowest BCUT2D eigenvalue weighted by atomic mass is 10.2. The average molecular weight is 437 g/mol. The van der Waals surface area contributed by atoms with Crippen LogP contribution in [0.25, 0.3) is 0 Å². The van der Waals surface area contributed by atoms with Gasteiger partial charge in [-0.3, -0.25) is 14.9 Å². The predicted molar refractivity (Wildman–Crippen MR) is 106 cm³/mol. The third-order valence-corrected chi connectivity index (χ3v) is 6.24. The maximum absolute atomic E-state index is 12.6. The van der Waals surface area contributed by atoms with Crippen LogP contribution >= 0.6 is 23.1 Å². The molecule has 11 heteroatoms. The fourth-order valence-corrected chi connectivity index (χ4v) is 4.59. The van der Waals surface area contributed by atoms with Gasteiger partial charge in [-0.2, -0.15) is 0 Å². The second kappa shape index (κ2) is 9.33. The zero-order valence-corrected chi connectivity index (χ0v) is 17.5. The zero-order chi connectivity index (χ0) is 21.0. The summed E-state index contributed by atoms with van der Waals surface area (Å²) >= 11 is 2.62. The summed E-state index contributed by atoms with van der Waals surface area (Å²) in [4.78, 5) is 41.8. The second-order valence-corrected chi connectivity index (χ2v) is 8.54. The quantitative estimate of drug-likeness (QED) is 0.385. The Labute approximate surface area is 175 Å². The van der Waals surface area contributed by atoms with Crippen LogP contribution in [0, 0.1) is 17.0 Å². The van der Waals surface area contributed by atoms with Crippen LogP contribution in [0.1, 0.15) is 23.0 Å². The highest BCUT2D eigenvalue weighted by molar-refractivity contribution is 8.01. The number of nitro benzene ring substituents is 1. The number of aromatic nitrogens is 1. The second-order valence-electron chi connectivity index (χ2n) is 6.39. The Morgan fingerprint density at radius 2 is 2.28 bits per heavy atom. The number of ether oxygens (including phenoxy) is 2. The van der Waals surface area contributed by atoms with Crippen molar-refractivity contribution < 1.29 is 24.0 Å². The predicted octanol–water partition coefficient (Wildman–Crippen LogP) is 2.92. The van der Waals surface area contributed by atoms with Crippen LogP contribution in [0.4, 0.5) is 5.69 Å². The summed E-state index contributed by atoms with van der Waals surface area (Å²) in [5.41, 5.74) is 0.638. The van der Waals surface area contributed by atoms with Crippen LogP contribution in [0.15, 0.2) is 32.8 Å². The van der Waals surface area contributed by atoms with Crippen molar-refractivity contribution >= 4 is 40.7 Å². The SMILES string of the molecule is Cc1csc(Sc2ccc([N+](=O)[O-])cc2C(=O)OCC(=O)N2CCOC(C)C2)n1. The summed E-state index contributed by atoms with van der Waals surface area (Å²) in [5.74, 6) is -1.12. The van der Waals surface area contributed by atoms with Crippen molar-refractivity contribution in [3.63, 3.8) is 0 Å². The number of aryl methyl sites for hydroxylation is 1. The van der Waals surface area contributed by atoms with E-state index in [9.17, 15) is 19.7 Å². The van der Waals surface area contributed by atoms with Crippen molar-refractivity contribution in [1.29, 1.82) is 0 Å². The van der Waals surface area contributed by atoms with Gasteiger partial charge in [0.2, 0.25) is 0 Å². The Morgan fingerprint density at radius 1 is 1.48 bits per heavy atom. The first kappa shape index (κ1) is 21.2. The van der Waals surface area contributed by atoms with Gasteiger partial charge in [0, 0.05) is 41.2 Å². The Bertz CT molecular complexity index is 932. The van der Waals surface area contributed by atoms with E-state index in [4.69, 9.17) is 9.47 Å². The number of hydrogen-bond acceptors (Lipinski definition) is 9. The normalized spacial score (nSPS) is 16.5. The Morgan fingerprint density at radius 3 is 2.93 bits per heavy atom. The van der Waals surface area contributed by atoms with Crippen molar-refractivity contribution in [1.82, 2.24) is 9.88 Å². The van der Waals surface area contributed by atoms with E-state index in [1.54, 1.807) is 4.90 Å². The average Bonchev–Trinajstić information content (AvgIpc) is 3.10. The minimum Gasteiger partial charge on any atom is -0.452 e. The lowest BCUT2D eigenvalue weighted by Gasteiger charge is -2.30. The van der Waals surface area contributed by atoms with Crippen LogP contribution < -0.4 is 0 Å². The number of amides is 1. The van der Waals surface area contributed by atoms with Crippen molar-refractivity contribution in [2.75, 3.05) is 26.3 Å². The van der Waals surface area contributed by atoms with Gasteiger partial charge in [0.25, 0.3) is 11.6 Å². The molecule has 1 unspecified atom stereocenters. The first-order valence-electron chi connectivity index (χ1n) is 8.78. The van der Waals surface area contributed by atoms with Gasteiger partial charge in [-0.15, -0.1) is 11.3 Å². The third-order valence-electron chi connectivity index (χ3n) is 4.11. The van der Waals surface area contributed by atoms with Gasteiger partial charge < -0.3 is 14.4 Å². The molecule has 1 fully saturated rings. The smallest absolute Gasteiger partial charge is 0.340 e. The lowest BCUT2D eigenvalue weighted by molar-refractivity contribution is -0.384. The molecule has 1 amide bonds. The maximum atomic E-state index is 12.6. The molecule has 1 atom stereocenters. The van der Waals surface area contributed by atoms with Gasteiger partial charge >= 0.3 is 5.97 Å². The van der Waals surface area contributed by atoms with Gasteiger partial charge in [0.1, 0.15) is 0 Å². The lowest BCUT2D eigenvalue weighted by Crippen LogP contribution is -2.46. The van der Waals surface area contributed by atoms with Crippen LogP contribution in [-0.4, -0.2) is 59.1 Å². The fourth-order valence-electron chi connectivity index (χ4n) is 2.69. The molecule has 1 aliphatic heterocycles. The number of nitrogens with zero attached hydrogens (tertiary/aromatic N) is 3. The van der Waals surface area contributed by atoms with Crippen LogP contribution in [-0.2, 0) is 14.3 Å². The van der Waals surface area contributed by atoms with E-state index in [1.165, 1.54) is 35.2 Å². The van der Waals surface area contributed by atoms with Gasteiger partial charge in [-0.25, -0.2) is 9.78 Å². The summed E-state index contributed by atoms with van der Waals surface area (Å²) < 4.78 is 11.3. The minimum absolute atomic E-state index is 0.0280. The number of non-ortho nitro benzene ring substituents is 1. The highest BCUT2D eigenvalue weighted by Gasteiger charge is 2.24. The molecule has 29 heavy (non-hydrogen) atoms. The van der Waals surface area contributed by atoms with Crippen molar-refractivity contribution in [2.45, 2.75) is 29.2 Å². The maximum Gasteiger partial charge on any atom is 0.340 e. The van der Waals surface area contributed by atoms with E-state index >= 15 is 0 Å². The molecule has 1 aromatic carbocycles. The third kappa shape index (κ3) is 5.52. The summed E-state index contributed by atoms with van der Waals surface area (Å²) in [6, 6.07) is 3.97. The zero-order valence-electron chi connectivity index (χ0n) is 15.8. The van der Waals surface area contributed by atoms with Gasteiger partial charge in [0.05, 0.1) is 23.2 Å². The number of hydrogen-bond donors (Lipinski definition) is 0. The number of morpholine rings is 1. The molecule has 1 aliphatic rings. The van der Waals surface area contributed by atoms with E-state index in [0.717, 1.165) is 11.8 Å². The molecule has 0 N–H and O–H groups in total. The summed E-state index contributed by atoms with van der Waals surface area (Å²) in [5, 5.41) is 13.0. The Balaban J connectivity index is 1.74. The standard InChI is InChI=1S/C18H19N3O6S2/c1-11-10-28-18(19-11)29-15-4-3-13(21(24)25)7-14(15)17(23)27-9-16(22)20-5-6-26-12(2)8-20/h3-4,7,10,12H,5-6,8-9H2,1-2H3. The number of benzene rings is 1. The van der Waals surface area contributed by atoms with Crippen LogP contribution in [0.2, 0.25) is 0 Å². The number of nitro groups is 1. The van der Waals surface area contributed by atoms with E-state index < -0.39 is 17.5 Å². The molecule has 0 aliphatic carbocycles. The largest absolute Gasteiger partial charge is 0.452 e. The Hall–Kier alpha value is -2.50. The van der Waals surface area contributed by atoms with E-state index in [2.05, 4.69) is 4.98 Å². The summed E-state index contributed by atoms with van der Waals surface area (Å²) in [6.45, 7) is 4.57. The molecule has 1 saturated heterocycles. The molecular weight excluding hydrogens is 418 g/mol. The van der Waals surface area contributed by atoms with Gasteiger partial charge in [0.15, 0.2) is 10.9 Å². The molecule has 2 aromatic rings. The number of rotatable bonds is 6. The van der Waals surface area contributed by atoms with E-state index in [-0.39, 0.29) is 23.3 Å². The molecular formula is C18H19N3O6S2. The molecule has 9 nitrogen and oxygen atoms in total. The highest BCUT2D eigenvalue weighted by Crippen LogP contribution is 2.34. The van der Waals surface area contributed by atoms with E-state index in [0.29, 0.717) is 28.9 Å². The van der Waals surface area contributed by atoms with Crippen molar-refractivity contribution in [3.05, 3.63) is 45.0 Å². The molecule has 154 valence electrons. The molecule has 0 saturated carbocycles. The molecule has 3 rings (SSSR count). The van der Waals surface area contributed by atoms with Crippen LogP contribution in [0.5, 0.6) is 0 Å². The number of thiazole rings is 1. The minimum atomic E-state index is -0.792. The first-order valence-corrected chi connectivity index (χ1v) is 10.5. The number of carbonyl (C=O) groups excluding carboxylic acids is 2. The monoisotopic (exact) mass is 437 g/mol. The van der Waals surface area contributed by atoms with E-state index in [1.807, 2.05) is 19.2 Å². The van der Waals surface area contributed by atoms with Crippen molar-refractivity contribution in [2.24, 2.45) is 0 Å². The fraction of sp³-hybridized carbons (Fsp3) is 0.389. The van der Waals surface area contributed by atoms with Gasteiger partial charge in [-0.1, -0.05) is 11.8 Å². The molecule has 0 bridgehead atoms. The molecule has 0 spiro atoms. The topological polar surface area (TPSA) is 112 Å². The summed E-state index contributed by atoms with van der Waals surface area (Å²) in [7, 11) is 0. The van der Waals surface area contributed by atoms with Crippen LogP contribution in [0.3, 0.4) is 0 Å². The number of carbonyl (C=O) groups is 2. The molecule has 0 radical (unpaired) electrons. The van der Waals surface area contributed by atoms with Crippen molar-refractivity contribution in [3.8, 4) is 0 Å². The van der Waals surface area contributed by atoms with Gasteiger partial charge in [-0.05, 0) is 19.9 Å². The summed E-state index contributed by atoms with van der Waals surface area (Å²) in [6.07, 6.45) is -0.0788. The first-order chi connectivity index (χ1) is 13.8. The highest BCUT2D eigenvalue weighted by atomic mass is 32.2. The Kier molecular flexibility index (Phi) is 6.83. The number of esters is 1. The molecule has 2 heterocycles.